The molecular weight excluding hydrogens is 336 g/mol. The van der Waals surface area contributed by atoms with Gasteiger partial charge in [0, 0.05) is 24.4 Å². The van der Waals surface area contributed by atoms with Crippen molar-refractivity contribution in [3.8, 4) is 5.75 Å². The summed E-state index contributed by atoms with van der Waals surface area (Å²) in [6, 6.07) is 14.4. The van der Waals surface area contributed by atoms with E-state index >= 15 is 0 Å². The molecule has 0 aromatic heterocycles. The van der Waals surface area contributed by atoms with Gasteiger partial charge in [-0.05, 0) is 36.8 Å². The molecule has 0 saturated heterocycles. The average molecular weight is 360 g/mol. The van der Waals surface area contributed by atoms with Crippen LogP contribution < -0.4 is 16.2 Å². The lowest BCUT2D eigenvalue weighted by molar-refractivity contribution is 0.414. The standard InChI is InChI=1S/C19H24N2O3S/c1-13-3-9-16(10-4-13)25(22,23)18-17(19(18,11-20)12-21)14-5-7-15(24-2)8-6-14/h3-10,17-18H,11-12,20-21H2,1-2H3/t17-,18+/m1/s1. The first kappa shape index (κ1) is 17.9. The Bertz CT molecular complexity index is 841. The van der Waals surface area contributed by atoms with Crippen LogP contribution in [0.1, 0.15) is 17.0 Å². The molecule has 134 valence electrons. The highest BCUT2D eigenvalue weighted by molar-refractivity contribution is 7.92. The third kappa shape index (κ3) is 2.84. The molecule has 1 aliphatic rings. The molecule has 0 bridgehead atoms. The summed E-state index contributed by atoms with van der Waals surface area (Å²) in [5.74, 6) is 0.521. The summed E-state index contributed by atoms with van der Waals surface area (Å²) in [5.41, 5.74) is 13.3. The summed E-state index contributed by atoms with van der Waals surface area (Å²) < 4.78 is 31.6. The minimum absolute atomic E-state index is 0.209. The van der Waals surface area contributed by atoms with E-state index in [9.17, 15) is 8.42 Å². The molecule has 6 heteroatoms. The average Bonchev–Trinajstić information content (AvgIpc) is 3.33. The summed E-state index contributed by atoms with van der Waals surface area (Å²) in [4.78, 5) is 0.324. The van der Waals surface area contributed by atoms with Crippen LogP contribution >= 0.6 is 0 Å². The second-order valence-electron chi connectivity index (χ2n) is 6.67. The third-order valence-electron chi connectivity index (χ3n) is 5.30. The fraction of sp³-hybridized carbons (Fsp3) is 0.368. The predicted molar refractivity (Wildman–Crippen MR) is 98.4 cm³/mol. The molecule has 0 spiro atoms. The number of methoxy groups -OCH3 is 1. The summed E-state index contributed by atoms with van der Waals surface area (Å²) in [6.45, 7) is 2.39. The predicted octanol–water partition coefficient (Wildman–Crippen LogP) is 1.85. The normalized spacial score (nSPS) is 21.8. The molecule has 0 amide bonds. The van der Waals surface area contributed by atoms with E-state index in [-0.39, 0.29) is 19.0 Å². The lowest BCUT2D eigenvalue weighted by Crippen LogP contribution is -2.31. The van der Waals surface area contributed by atoms with Crippen LogP contribution in [-0.2, 0) is 9.84 Å². The van der Waals surface area contributed by atoms with E-state index < -0.39 is 20.5 Å². The number of sulfone groups is 1. The molecule has 0 unspecified atom stereocenters. The minimum Gasteiger partial charge on any atom is -0.497 e. The van der Waals surface area contributed by atoms with Crippen molar-refractivity contribution in [2.24, 2.45) is 16.9 Å². The maximum atomic E-state index is 13.2. The zero-order valence-corrected chi connectivity index (χ0v) is 15.3. The van der Waals surface area contributed by atoms with Gasteiger partial charge in [0.25, 0.3) is 0 Å². The third-order valence-corrected chi connectivity index (χ3v) is 7.64. The largest absolute Gasteiger partial charge is 0.497 e. The number of benzene rings is 2. The summed E-state index contributed by atoms with van der Waals surface area (Å²) >= 11 is 0. The van der Waals surface area contributed by atoms with Gasteiger partial charge in [-0.15, -0.1) is 0 Å². The van der Waals surface area contributed by atoms with Gasteiger partial charge in [-0.3, -0.25) is 0 Å². The number of rotatable bonds is 6. The van der Waals surface area contributed by atoms with E-state index in [2.05, 4.69) is 0 Å². The Balaban J connectivity index is 2.02. The molecule has 0 heterocycles. The van der Waals surface area contributed by atoms with E-state index in [0.29, 0.717) is 4.90 Å². The monoisotopic (exact) mass is 360 g/mol. The van der Waals surface area contributed by atoms with Crippen molar-refractivity contribution < 1.29 is 13.2 Å². The molecule has 3 rings (SSSR count). The topological polar surface area (TPSA) is 95.4 Å². The van der Waals surface area contributed by atoms with Crippen LogP contribution in [0.5, 0.6) is 5.75 Å². The molecular formula is C19H24N2O3S. The molecule has 4 N–H and O–H groups in total. The molecule has 2 aromatic rings. The lowest BCUT2D eigenvalue weighted by Gasteiger charge is -2.13. The molecule has 0 radical (unpaired) electrons. The van der Waals surface area contributed by atoms with Crippen LogP contribution in [0, 0.1) is 12.3 Å². The highest BCUT2D eigenvalue weighted by Gasteiger charge is 2.69. The van der Waals surface area contributed by atoms with Crippen LogP contribution in [0.15, 0.2) is 53.4 Å². The SMILES string of the molecule is COc1ccc([C@@H]2[C@H](S(=O)(=O)c3ccc(C)cc3)C2(CN)CN)cc1. The summed E-state index contributed by atoms with van der Waals surface area (Å²) in [5, 5.41) is -0.605. The molecule has 1 aliphatic carbocycles. The highest BCUT2D eigenvalue weighted by Crippen LogP contribution is 2.63. The van der Waals surface area contributed by atoms with Crippen LogP contribution in [0.2, 0.25) is 0 Å². The van der Waals surface area contributed by atoms with Gasteiger partial charge >= 0.3 is 0 Å². The van der Waals surface area contributed by atoms with Gasteiger partial charge < -0.3 is 16.2 Å². The maximum absolute atomic E-state index is 13.2. The quantitative estimate of drug-likeness (QED) is 0.820. The first-order chi connectivity index (χ1) is 11.9. The van der Waals surface area contributed by atoms with Crippen LogP contribution in [-0.4, -0.2) is 33.9 Å². The number of aryl methyl sites for hydroxylation is 1. The highest BCUT2D eigenvalue weighted by atomic mass is 32.2. The molecule has 25 heavy (non-hydrogen) atoms. The number of nitrogens with two attached hydrogens (primary N) is 2. The Kier molecular flexibility index (Phi) is 4.62. The van der Waals surface area contributed by atoms with Crippen LogP contribution in [0.3, 0.4) is 0 Å². The van der Waals surface area contributed by atoms with E-state index in [4.69, 9.17) is 16.2 Å². The van der Waals surface area contributed by atoms with Gasteiger partial charge in [-0.2, -0.15) is 0 Å². The smallest absolute Gasteiger partial charge is 0.182 e. The molecule has 1 saturated carbocycles. The Hall–Kier alpha value is -1.89. The van der Waals surface area contributed by atoms with Crippen LogP contribution in [0.4, 0.5) is 0 Å². The number of hydrogen-bond acceptors (Lipinski definition) is 5. The maximum Gasteiger partial charge on any atom is 0.182 e. The van der Waals surface area contributed by atoms with E-state index in [0.717, 1.165) is 16.9 Å². The minimum atomic E-state index is -3.52. The Morgan fingerprint density at radius 1 is 1.00 bits per heavy atom. The van der Waals surface area contributed by atoms with E-state index in [1.807, 2.05) is 43.3 Å². The van der Waals surface area contributed by atoms with E-state index in [1.54, 1.807) is 19.2 Å². The van der Waals surface area contributed by atoms with Crippen molar-refractivity contribution >= 4 is 9.84 Å². The van der Waals surface area contributed by atoms with Gasteiger partial charge in [0.2, 0.25) is 0 Å². The fourth-order valence-corrected chi connectivity index (χ4v) is 6.18. The molecule has 2 aromatic carbocycles. The van der Waals surface area contributed by atoms with Crippen molar-refractivity contribution in [1.82, 2.24) is 0 Å². The van der Waals surface area contributed by atoms with Gasteiger partial charge in [0.1, 0.15) is 5.75 Å². The van der Waals surface area contributed by atoms with Gasteiger partial charge in [-0.25, -0.2) is 8.42 Å². The zero-order chi connectivity index (χ0) is 18.2. The van der Waals surface area contributed by atoms with E-state index in [1.165, 1.54) is 0 Å². The Morgan fingerprint density at radius 3 is 2.04 bits per heavy atom. The molecule has 0 aliphatic heterocycles. The first-order valence-corrected chi connectivity index (χ1v) is 9.80. The molecule has 1 fully saturated rings. The molecule has 5 nitrogen and oxygen atoms in total. The zero-order valence-electron chi connectivity index (χ0n) is 14.5. The van der Waals surface area contributed by atoms with Crippen molar-refractivity contribution in [3.05, 3.63) is 59.7 Å². The van der Waals surface area contributed by atoms with Crippen LogP contribution in [0.25, 0.3) is 0 Å². The second kappa shape index (κ2) is 6.44. The van der Waals surface area contributed by atoms with Crippen molar-refractivity contribution in [3.63, 3.8) is 0 Å². The lowest BCUT2D eigenvalue weighted by atomic mass is 9.99. The van der Waals surface area contributed by atoms with Gasteiger partial charge in [0.15, 0.2) is 9.84 Å². The fourth-order valence-electron chi connectivity index (χ4n) is 3.70. The Morgan fingerprint density at radius 2 is 1.56 bits per heavy atom. The van der Waals surface area contributed by atoms with Gasteiger partial charge in [-0.1, -0.05) is 29.8 Å². The number of hydrogen-bond donors (Lipinski definition) is 2. The first-order valence-electron chi connectivity index (χ1n) is 8.25. The second-order valence-corrected chi connectivity index (χ2v) is 8.74. The summed E-state index contributed by atoms with van der Waals surface area (Å²) in [7, 11) is -1.92. The Labute approximate surface area is 148 Å². The van der Waals surface area contributed by atoms with Crippen molar-refractivity contribution in [1.29, 1.82) is 0 Å². The summed E-state index contributed by atoms with van der Waals surface area (Å²) in [6.07, 6.45) is 0. The van der Waals surface area contributed by atoms with Crippen molar-refractivity contribution in [2.45, 2.75) is 23.0 Å². The number of ether oxygens (including phenoxy) is 1. The molecule has 2 atom stereocenters. The van der Waals surface area contributed by atoms with Crippen molar-refractivity contribution in [2.75, 3.05) is 20.2 Å². The van der Waals surface area contributed by atoms with Gasteiger partial charge in [0.05, 0.1) is 17.3 Å².